The maximum atomic E-state index is 11.6. The lowest BCUT2D eigenvalue weighted by atomic mass is 10.1. The summed E-state index contributed by atoms with van der Waals surface area (Å²) >= 11 is 0. The molecule has 0 saturated heterocycles. The zero-order valence-corrected chi connectivity index (χ0v) is 12.4. The highest BCUT2D eigenvalue weighted by Gasteiger charge is 2.16. The fourth-order valence-electron chi connectivity index (χ4n) is 1.57. The first-order valence-electron chi connectivity index (χ1n) is 6.59. The van der Waals surface area contributed by atoms with Crippen LogP contribution in [-0.2, 0) is 16.0 Å². The van der Waals surface area contributed by atoms with Crippen LogP contribution in [0.1, 0.15) is 32.8 Å². The van der Waals surface area contributed by atoms with Gasteiger partial charge >= 0.3 is 12.3 Å². The smallest absolute Gasteiger partial charge is 0.412 e. The Bertz CT molecular complexity index is 553. The van der Waals surface area contributed by atoms with Crippen molar-refractivity contribution < 1.29 is 19.1 Å². The number of nitrogens with one attached hydrogen (secondary N) is 1. The summed E-state index contributed by atoms with van der Waals surface area (Å²) in [5, 5.41) is 2.63. The lowest BCUT2D eigenvalue weighted by Gasteiger charge is -2.19. The second-order valence-corrected chi connectivity index (χ2v) is 5.53. The number of amides is 1. The largest absolute Gasteiger partial charge is 0.444 e. The van der Waals surface area contributed by atoms with Gasteiger partial charge in [0, 0.05) is 12.1 Å². The topological polar surface area (TPSA) is 91.8 Å². The molecule has 0 saturated carbocycles. The third kappa shape index (κ3) is 7.03. The van der Waals surface area contributed by atoms with E-state index in [1.165, 1.54) is 0 Å². The van der Waals surface area contributed by atoms with E-state index in [0.717, 1.165) is 11.8 Å². The van der Waals surface area contributed by atoms with E-state index in [2.05, 4.69) is 10.1 Å². The summed E-state index contributed by atoms with van der Waals surface area (Å²) in [6.45, 7) is 5.38. The summed E-state index contributed by atoms with van der Waals surface area (Å²) < 4.78 is 5.14. The van der Waals surface area contributed by atoms with Crippen molar-refractivity contribution in [2.45, 2.75) is 39.2 Å². The average Bonchev–Trinajstić information content (AvgIpc) is 2.36. The van der Waals surface area contributed by atoms with Crippen LogP contribution in [0.4, 0.5) is 10.5 Å². The predicted octanol–water partition coefficient (Wildman–Crippen LogP) is 2.84. The highest BCUT2D eigenvalue weighted by Crippen LogP contribution is 2.13. The number of carbonyl (C=O) groups is 2. The fourth-order valence-corrected chi connectivity index (χ4v) is 1.57. The molecule has 0 aliphatic rings. The Morgan fingerprint density at radius 1 is 1.29 bits per heavy atom. The molecule has 1 aromatic carbocycles. The number of nitrogens with zero attached hydrogens (tertiary/aromatic N) is 2. The van der Waals surface area contributed by atoms with Gasteiger partial charge in [0.25, 0.3) is 0 Å². The Hall–Kier alpha value is -2.46. The fraction of sp³-hybridized carbons (Fsp3) is 0.400. The minimum atomic E-state index is -0.543. The molecular formula is C15H19N3O3. The molecule has 6 heteroatoms. The number of anilines is 1. The number of rotatable bonds is 5. The maximum absolute atomic E-state index is 11.6. The molecule has 0 fully saturated rings. The van der Waals surface area contributed by atoms with Gasteiger partial charge in [-0.2, -0.15) is 4.79 Å². The molecule has 0 radical (unpaired) electrons. The Morgan fingerprint density at radius 3 is 2.43 bits per heavy atom. The zero-order valence-electron chi connectivity index (χ0n) is 12.4. The molecule has 1 aromatic rings. The van der Waals surface area contributed by atoms with E-state index >= 15 is 0 Å². The maximum Gasteiger partial charge on any atom is 0.412 e. The van der Waals surface area contributed by atoms with Crippen molar-refractivity contribution in [2.24, 2.45) is 0 Å². The molecule has 6 nitrogen and oxygen atoms in total. The van der Waals surface area contributed by atoms with Crippen molar-refractivity contribution >= 4 is 23.8 Å². The third-order valence-corrected chi connectivity index (χ3v) is 2.46. The standard InChI is InChI=1S/C15H19N3O3/c1-15(2,3)21-14(20)18-12-7-4-11(5-8-12)6-9-13(19)10-17-16/h4-5,7-8,10H,6,9H2,1-3H3,(H,18,20). The summed E-state index contributed by atoms with van der Waals surface area (Å²) in [4.78, 5) is 25.5. The number of ketones is 1. The van der Waals surface area contributed by atoms with Crippen LogP contribution in [0.25, 0.3) is 5.53 Å². The average molecular weight is 289 g/mol. The van der Waals surface area contributed by atoms with Crippen LogP contribution in [0.3, 0.4) is 0 Å². The number of Topliss-reactive ketones (excluding diaryl/α,β-unsaturated/α-hetero) is 1. The highest BCUT2D eigenvalue weighted by molar-refractivity contribution is 6.25. The molecule has 0 bridgehead atoms. The van der Waals surface area contributed by atoms with Crippen molar-refractivity contribution in [3.63, 3.8) is 0 Å². The predicted molar refractivity (Wildman–Crippen MR) is 79.3 cm³/mol. The molecule has 0 aromatic heterocycles. The van der Waals surface area contributed by atoms with Crippen LogP contribution in [-0.4, -0.2) is 28.5 Å². The summed E-state index contributed by atoms with van der Waals surface area (Å²) in [6, 6.07) is 7.11. The number of carbonyl (C=O) groups excluding carboxylic acids is 2. The first-order chi connectivity index (χ1) is 9.80. The lowest BCUT2D eigenvalue weighted by molar-refractivity contribution is -0.116. The van der Waals surface area contributed by atoms with E-state index in [-0.39, 0.29) is 12.2 Å². The molecule has 21 heavy (non-hydrogen) atoms. The van der Waals surface area contributed by atoms with Crippen LogP contribution >= 0.6 is 0 Å². The first kappa shape index (κ1) is 16.6. The van der Waals surface area contributed by atoms with Crippen LogP contribution in [0.15, 0.2) is 24.3 Å². The van der Waals surface area contributed by atoms with E-state index in [1.54, 1.807) is 32.9 Å². The van der Waals surface area contributed by atoms with E-state index in [1.807, 2.05) is 12.1 Å². The Morgan fingerprint density at radius 2 is 1.90 bits per heavy atom. The normalized spacial score (nSPS) is 10.4. The molecule has 1 amide bonds. The number of ether oxygens (including phenoxy) is 1. The van der Waals surface area contributed by atoms with Crippen molar-refractivity contribution in [3.05, 3.63) is 35.4 Å². The van der Waals surface area contributed by atoms with Gasteiger partial charge in [-0.15, -0.1) is 0 Å². The van der Waals surface area contributed by atoms with Crippen molar-refractivity contribution in [3.8, 4) is 0 Å². The van der Waals surface area contributed by atoms with Gasteiger partial charge in [0.1, 0.15) is 5.60 Å². The van der Waals surface area contributed by atoms with E-state index in [4.69, 9.17) is 10.3 Å². The number of benzene rings is 1. The second kappa shape index (κ2) is 7.36. The minimum Gasteiger partial charge on any atom is -0.444 e. The van der Waals surface area contributed by atoms with Gasteiger partial charge in [-0.3, -0.25) is 10.1 Å². The summed E-state index contributed by atoms with van der Waals surface area (Å²) in [5.74, 6) is -0.242. The van der Waals surface area contributed by atoms with Gasteiger partial charge in [0.05, 0.1) is 0 Å². The third-order valence-electron chi connectivity index (χ3n) is 2.46. The Kier molecular flexibility index (Phi) is 5.81. The number of aryl methyl sites for hydroxylation is 1. The molecule has 0 aliphatic heterocycles. The Labute approximate surface area is 123 Å². The number of hydrogen-bond donors (Lipinski definition) is 1. The monoisotopic (exact) mass is 289 g/mol. The Balaban J connectivity index is 2.52. The van der Waals surface area contributed by atoms with Crippen LogP contribution in [0.5, 0.6) is 0 Å². The zero-order chi connectivity index (χ0) is 15.9. The summed E-state index contributed by atoms with van der Waals surface area (Å²) in [7, 11) is 0. The van der Waals surface area contributed by atoms with Gasteiger partial charge in [0.15, 0.2) is 0 Å². The molecule has 0 heterocycles. The second-order valence-electron chi connectivity index (χ2n) is 5.53. The van der Waals surface area contributed by atoms with E-state index in [0.29, 0.717) is 12.1 Å². The molecule has 0 unspecified atom stereocenters. The van der Waals surface area contributed by atoms with Gasteiger partial charge in [-0.25, -0.2) is 4.79 Å². The van der Waals surface area contributed by atoms with Crippen LogP contribution in [0.2, 0.25) is 0 Å². The van der Waals surface area contributed by atoms with Crippen LogP contribution in [0, 0.1) is 0 Å². The molecule has 1 N–H and O–H groups in total. The molecule has 0 aliphatic carbocycles. The quantitative estimate of drug-likeness (QED) is 0.513. The molecule has 0 spiro atoms. The van der Waals surface area contributed by atoms with Crippen molar-refractivity contribution in [1.29, 1.82) is 0 Å². The van der Waals surface area contributed by atoms with Crippen molar-refractivity contribution in [1.82, 2.24) is 0 Å². The van der Waals surface area contributed by atoms with Crippen molar-refractivity contribution in [2.75, 3.05) is 5.32 Å². The summed E-state index contributed by atoms with van der Waals surface area (Å²) in [5.41, 5.74) is 9.26. The molecule has 112 valence electrons. The van der Waals surface area contributed by atoms with Crippen LogP contribution < -0.4 is 5.32 Å². The minimum absolute atomic E-state index is 0.242. The van der Waals surface area contributed by atoms with E-state index in [9.17, 15) is 9.59 Å². The van der Waals surface area contributed by atoms with Gasteiger partial charge < -0.3 is 10.3 Å². The highest BCUT2D eigenvalue weighted by atomic mass is 16.6. The lowest BCUT2D eigenvalue weighted by Crippen LogP contribution is -2.27. The van der Waals surface area contributed by atoms with Gasteiger partial charge in [-0.1, -0.05) is 12.1 Å². The first-order valence-corrected chi connectivity index (χ1v) is 6.59. The van der Waals surface area contributed by atoms with E-state index < -0.39 is 11.7 Å². The van der Waals surface area contributed by atoms with Gasteiger partial charge in [-0.05, 0) is 44.9 Å². The number of hydrogen-bond acceptors (Lipinski definition) is 3. The summed E-state index contributed by atoms with van der Waals surface area (Å²) in [6.07, 6.45) is 1.18. The molecular weight excluding hydrogens is 270 g/mol. The molecule has 1 rings (SSSR count). The molecule has 0 atom stereocenters. The van der Waals surface area contributed by atoms with Gasteiger partial charge in [0.2, 0.25) is 5.78 Å². The SMILES string of the molecule is CC(C)(C)OC(=O)Nc1ccc(CCC(=O)C=[N+]=[N-])cc1.